The fraction of sp³-hybridized carbons (Fsp3) is 0.682. The molecule has 0 amide bonds. The molecule has 0 aromatic rings. The lowest BCUT2D eigenvalue weighted by Crippen LogP contribution is -2.47. The average Bonchev–Trinajstić information content (AvgIpc) is 3.06. The predicted octanol–water partition coefficient (Wildman–Crippen LogP) is 3.44. The number of Topliss-reactive ketones (excluding diaryl/α,β-unsaturated/α-hetero) is 1. The van der Waals surface area contributed by atoms with Gasteiger partial charge in [0.2, 0.25) is 14.4 Å². The van der Waals surface area contributed by atoms with Crippen molar-refractivity contribution in [3.8, 4) is 0 Å². The number of rotatable bonds is 5. The van der Waals surface area contributed by atoms with Crippen LogP contribution in [0.5, 0.6) is 0 Å². The van der Waals surface area contributed by atoms with Gasteiger partial charge >= 0.3 is 11.9 Å². The lowest BCUT2D eigenvalue weighted by Gasteiger charge is -2.41. The normalized spacial score (nSPS) is 30.3. The van der Waals surface area contributed by atoms with E-state index in [1.165, 1.54) is 6.92 Å². The van der Waals surface area contributed by atoms with Gasteiger partial charge in [0.05, 0.1) is 5.76 Å². The second-order valence-corrected chi connectivity index (χ2v) is 15.3. The molecule has 2 bridgehead atoms. The van der Waals surface area contributed by atoms with Gasteiger partial charge in [-0.25, -0.2) is 9.59 Å². The molecule has 3 heterocycles. The van der Waals surface area contributed by atoms with Gasteiger partial charge in [-0.1, -0.05) is 40.7 Å². The Kier molecular flexibility index (Phi) is 5.35. The molecule has 0 aliphatic carbocycles. The molecule has 0 unspecified atom stereocenters. The summed E-state index contributed by atoms with van der Waals surface area (Å²) >= 11 is 0. The van der Waals surface area contributed by atoms with E-state index >= 15 is 0 Å². The van der Waals surface area contributed by atoms with Gasteiger partial charge in [-0.3, -0.25) is 4.79 Å². The van der Waals surface area contributed by atoms with Crippen molar-refractivity contribution < 1.29 is 33.0 Å². The topological polar surface area (TPSA) is 88.1 Å². The first-order valence-corrected chi connectivity index (χ1v) is 13.2. The fourth-order valence-corrected chi connectivity index (χ4v) is 4.61. The Bertz CT molecular complexity index is 846. The van der Waals surface area contributed by atoms with Crippen LogP contribution in [-0.4, -0.2) is 50.5 Å². The van der Waals surface area contributed by atoms with Gasteiger partial charge in [0.15, 0.2) is 11.4 Å². The van der Waals surface area contributed by atoms with Crippen LogP contribution in [0.1, 0.15) is 48.0 Å². The molecule has 0 radical (unpaired) electrons. The summed E-state index contributed by atoms with van der Waals surface area (Å²) in [6.45, 7) is 15.7. The predicted molar refractivity (Wildman–Crippen MR) is 112 cm³/mol. The summed E-state index contributed by atoms with van der Waals surface area (Å²) in [5, 5.41) is -0.111. The van der Waals surface area contributed by atoms with Crippen molar-refractivity contribution in [2.75, 3.05) is 6.61 Å². The Morgan fingerprint density at radius 3 is 2.37 bits per heavy atom. The van der Waals surface area contributed by atoms with Crippen molar-refractivity contribution in [2.24, 2.45) is 5.41 Å². The van der Waals surface area contributed by atoms with Crippen molar-refractivity contribution in [1.29, 1.82) is 0 Å². The van der Waals surface area contributed by atoms with Gasteiger partial charge in [-0.05, 0) is 31.1 Å². The van der Waals surface area contributed by atoms with Crippen LogP contribution < -0.4 is 0 Å². The van der Waals surface area contributed by atoms with Crippen molar-refractivity contribution in [3.05, 3.63) is 23.5 Å². The minimum atomic E-state index is -2.32. The Morgan fingerprint density at radius 2 is 1.87 bits per heavy atom. The third-order valence-corrected chi connectivity index (χ3v) is 11.0. The Morgan fingerprint density at radius 1 is 1.23 bits per heavy atom. The van der Waals surface area contributed by atoms with Crippen molar-refractivity contribution in [2.45, 2.75) is 83.9 Å². The van der Waals surface area contributed by atoms with Crippen LogP contribution in [0.3, 0.4) is 0 Å². The Balaban J connectivity index is 2.00. The molecule has 30 heavy (non-hydrogen) atoms. The van der Waals surface area contributed by atoms with Crippen LogP contribution in [0.25, 0.3) is 0 Å². The second kappa shape index (κ2) is 7.05. The van der Waals surface area contributed by atoms with Gasteiger partial charge in [0.25, 0.3) is 0 Å². The first kappa shape index (κ1) is 22.7. The van der Waals surface area contributed by atoms with Crippen LogP contribution in [0, 0.1) is 5.41 Å². The third-order valence-electron chi connectivity index (χ3n) is 6.62. The maximum atomic E-state index is 13.2. The van der Waals surface area contributed by atoms with E-state index < -0.39 is 43.5 Å². The molecule has 8 heteroatoms. The summed E-state index contributed by atoms with van der Waals surface area (Å²) in [5.74, 6) is -0.954. The molecule has 0 saturated carbocycles. The molecule has 1 fully saturated rings. The molecule has 0 N–H and O–H groups in total. The van der Waals surface area contributed by atoms with Gasteiger partial charge in [0, 0.05) is 11.8 Å². The van der Waals surface area contributed by atoms with E-state index in [2.05, 4.69) is 33.9 Å². The van der Waals surface area contributed by atoms with Gasteiger partial charge in [-0.15, -0.1) is 0 Å². The highest BCUT2D eigenvalue weighted by molar-refractivity contribution is 6.74. The highest BCUT2D eigenvalue weighted by atomic mass is 28.4. The summed E-state index contributed by atoms with van der Waals surface area (Å²) in [4.78, 5) is 37.7. The van der Waals surface area contributed by atoms with E-state index in [-0.39, 0.29) is 29.4 Å². The minimum Gasteiger partial charge on any atom is -0.546 e. The van der Waals surface area contributed by atoms with E-state index in [0.29, 0.717) is 5.76 Å². The van der Waals surface area contributed by atoms with E-state index in [9.17, 15) is 14.4 Å². The van der Waals surface area contributed by atoms with E-state index in [1.54, 1.807) is 12.2 Å². The maximum Gasteiger partial charge on any atom is 0.348 e. The molecule has 3 atom stereocenters. The average molecular weight is 437 g/mol. The summed E-state index contributed by atoms with van der Waals surface area (Å²) in [5.41, 5.74) is -1.53. The standard InChI is InChI=1S/C22H32O7Si/c1-13(23)22-10-9-14(28-22)16(15(11-22)29-30(7,8)20(2,3)4)18(24)27-17-19(25)26-12-21(17,5)6/h9-10,14,17H,11-12H2,1-8H3/t14-,17-,22+/m0/s1. The lowest BCUT2D eigenvalue weighted by atomic mass is 9.89. The molecule has 3 aliphatic heterocycles. The van der Waals surface area contributed by atoms with Crippen molar-refractivity contribution in [3.63, 3.8) is 0 Å². The first-order chi connectivity index (χ1) is 13.6. The number of ketones is 1. The highest BCUT2D eigenvalue weighted by Crippen LogP contribution is 2.46. The number of esters is 2. The summed E-state index contributed by atoms with van der Waals surface area (Å²) < 4.78 is 23.2. The first-order valence-electron chi connectivity index (χ1n) is 10.3. The Hall–Kier alpha value is -1.93. The van der Waals surface area contributed by atoms with Crippen LogP contribution in [-0.2, 0) is 33.0 Å². The molecule has 7 nitrogen and oxygen atoms in total. The van der Waals surface area contributed by atoms with E-state index in [0.717, 1.165) is 0 Å². The number of carbonyl (C=O) groups excluding carboxylic acids is 3. The maximum absolute atomic E-state index is 13.2. The smallest absolute Gasteiger partial charge is 0.348 e. The number of ether oxygens (including phenoxy) is 3. The molecular weight excluding hydrogens is 404 g/mol. The molecule has 3 rings (SSSR count). The van der Waals surface area contributed by atoms with Crippen molar-refractivity contribution in [1.82, 2.24) is 0 Å². The van der Waals surface area contributed by atoms with Crippen LogP contribution in [0.15, 0.2) is 23.5 Å². The van der Waals surface area contributed by atoms with E-state index in [4.69, 9.17) is 18.6 Å². The zero-order valence-corrected chi connectivity index (χ0v) is 20.1. The van der Waals surface area contributed by atoms with Gasteiger partial charge in [-0.2, -0.15) is 0 Å². The second-order valence-electron chi connectivity index (χ2n) is 10.6. The lowest BCUT2D eigenvalue weighted by molar-refractivity contribution is -0.162. The molecular formula is C22H32O7Si. The van der Waals surface area contributed by atoms with Crippen LogP contribution in [0.2, 0.25) is 18.1 Å². The number of carbonyl (C=O) groups is 3. The third kappa shape index (κ3) is 3.75. The number of hydrogen-bond acceptors (Lipinski definition) is 7. The number of fused-ring (bicyclic) bond motifs is 2. The van der Waals surface area contributed by atoms with Crippen LogP contribution >= 0.6 is 0 Å². The van der Waals surface area contributed by atoms with Gasteiger partial charge in [0.1, 0.15) is 18.3 Å². The summed E-state index contributed by atoms with van der Waals surface area (Å²) in [6.07, 6.45) is 1.76. The molecule has 0 aromatic carbocycles. The van der Waals surface area contributed by atoms with Crippen LogP contribution in [0.4, 0.5) is 0 Å². The van der Waals surface area contributed by atoms with Crippen molar-refractivity contribution >= 4 is 26.0 Å². The Labute approximate surface area is 178 Å². The largest absolute Gasteiger partial charge is 0.546 e. The quantitative estimate of drug-likeness (QED) is 0.370. The van der Waals surface area contributed by atoms with Gasteiger partial charge < -0.3 is 18.6 Å². The highest BCUT2D eigenvalue weighted by Gasteiger charge is 2.53. The number of cyclic esters (lactones) is 1. The molecule has 0 spiro atoms. The molecule has 1 saturated heterocycles. The zero-order valence-electron chi connectivity index (χ0n) is 19.1. The summed E-state index contributed by atoms with van der Waals surface area (Å²) in [6, 6.07) is 0. The number of hydrogen-bond donors (Lipinski definition) is 0. The molecule has 166 valence electrons. The van der Waals surface area contributed by atoms with E-state index in [1.807, 2.05) is 13.8 Å². The zero-order chi connectivity index (χ0) is 22.7. The molecule has 3 aliphatic rings. The fourth-order valence-electron chi connectivity index (χ4n) is 3.51. The SMILES string of the molecule is CC(=O)[C@]12C=C[C@H](O1)C(C(=O)O[C@H]1C(=O)OCC1(C)C)=C(O[Si](C)(C)C(C)(C)C)C2. The minimum absolute atomic E-state index is 0.111. The summed E-state index contributed by atoms with van der Waals surface area (Å²) in [7, 11) is -2.32. The molecule has 0 aromatic heterocycles. The monoisotopic (exact) mass is 436 g/mol.